The van der Waals surface area contributed by atoms with E-state index in [1.54, 1.807) is 0 Å². The number of nitrogens with one attached hydrogen (secondary N) is 1. The summed E-state index contributed by atoms with van der Waals surface area (Å²) in [4.78, 5) is 0. The van der Waals surface area contributed by atoms with Crippen molar-refractivity contribution in [3.8, 4) is 0 Å². The standard InChI is InChI=1S/C15H24Cl2N2/c1-3-6-11(7-4-2)14(19-18)10-12-8-5-9-13(16)15(12)17/h5,8-9,11,14,19H,3-4,6-7,10,18H2,1-2H3. The Balaban J connectivity index is 2.82. The molecule has 0 fully saturated rings. The van der Waals surface area contributed by atoms with Gasteiger partial charge in [-0.15, -0.1) is 0 Å². The second kappa shape index (κ2) is 8.80. The Kier molecular flexibility index (Phi) is 7.77. The highest BCUT2D eigenvalue weighted by molar-refractivity contribution is 6.42. The molecule has 0 aliphatic carbocycles. The van der Waals surface area contributed by atoms with Crippen molar-refractivity contribution >= 4 is 23.2 Å². The molecule has 0 aliphatic rings. The van der Waals surface area contributed by atoms with E-state index in [-0.39, 0.29) is 6.04 Å². The highest BCUT2D eigenvalue weighted by atomic mass is 35.5. The van der Waals surface area contributed by atoms with Gasteiger partial charge in [0.05, 0.1) is 10.0 Å². The zero-order valence-corrected chi connectivity index (χ0v) is 13.3. The Bertz CT molecular complexity index is 376. The zero-order chi connectivity index (χ0) is 14.3. The smallest absolute Gasteiger partial charge is 0.0624 e. The lowest BCUT2D eigenvalue weighted by Gasteiger charge is -2.26. The predicted octanol–water partition coefficient (Wildman–Crippen LogP) is 4.58. The van der Waals surface area contributed by atoms with Crippen LogP contribution in [0.15, 0.2) is 18.2 Å². The van der Waals surface area contributed by atoms with Crippen LogP contribution in [-0.2, 0) is 6.42 Å². The topological polar surface area (TPSA) is 38.0 Å². The Morgan fingerprint density at radius 2 is 1.79 bits per heavy atom. The van der Waals surface area contributed by atoms with Crippen LogP contribution in [0.1, 0.15) is 45.1 Å². The van der Waals surface area contributed by atoms with Crippen molar-refractivity contribution in [3.63, 3.8) is 0 Å². The number of benzene rings is 1. The number of hydrogen-bond donors (Lipinski definition) is 2. The lowest BCUT2D eigenvalue weighted by Crippen LogP contribution is -2.42. The fraction of sp³-hybridized carbons (Fsp3) is 0.600. The minimum absolute atomic E-state index is 0.246. The number of hydrogen-bond acceptors (Lipinski definition) is 2. The van der Waals surface area contributed by atoms with Gasteiger partial charge in [0.15, 0.2) is 0 Å². The first-order valence-corrected chi connectivity index (χ1v) is 7.78. The molecule has 108 valence electrons. The second-order valence-corrected chi connectivity index (χ2v) is 5.81. The summed E-state index contributed by atoms with van der Waals surface area (Å²) in [7, 11) is 0. The molecule has 0 saturated carbocycles. The summed E-state index contributed by atoms with van der Waals surface area (Å²) in [5.41, 5.74) is 4.03. The van der Waals surface area contributed by atoms with Crippen LogP contribution in [0.2, 0.25) is 10.0 Å². The van der Waals surface area contributed by atoms with Crippen LogP contribution in [0.4, 0.5) is 0 Å². The van der Waals surface area contributed by atoms with Crippen LogP contribution < -0.4 is 11.3 Å². The summed E-state index contributed by atoms with van der Waals surface area (Å²) in [5, 5.41) is 1.26. The van der Waals surface area contributed by atoms with Crippen LogP contribution in [0.3, 0.4) is 0 Å². The van der Waals surface area contributed by atoms with E-state index in [9.17, 15) is 0 Å². The molecule has 19 heavy (non-hydrogen) atoms. The molecule has 0 aliphatic heterocycles. The number of hydrazine groups is 1. The van der Waals surface area contributed by atoms with Crippen LogP contribution in [0.25, 0.3) is 0 Å². The molecule has 0 radical (unpaired) electrons. The van der Waals surface area contributed by atoms with Gasteiger partial charge in [-0.3, -0.25) is 11.3 Å². The van der Waals surface area contributed by atoms with E-state index >= 15 is 0 Å². The Morgan fingerprint density at radius 3 is 2.32 bits per heavy atom. The van der Waals surface area contributed by atoms with Crippen LogP contribution in [0, 0.1) is 5.92 Å². The van der Waals surface area contributed by atoms with Crippen LogP contribution >= 0.6 is 23.2 Å². The van der Waals surface area contributed by atoms with Gasteiger partial charge in [0.2, 0.25) is 0 Å². The van der Waals surface area contributed by atoms with E-state index in [2.05, 4.69) is 19.3 Å². The molecule has 3 N–H and O–H groups in total. The molecule has 1 unspecified atom stereocenters. The Hall–Kier alpha value is -0.280. The number of halogens is 2. The minimum atomic E-state index is 0.246. The molecular formula is C15H24Cl2N2. The quantitative estimate of drug-likeness (QED) is 0.545. The number of rotatable bonds is 8. The minimum Gasteiger partial charge on any atom is -0.271 e. The van der Waals surface area contributed by atoms with E-state index in [4.69, 9.17) is 29.0 Å². The summed E-state index contributed by atoms with van der Waals surface area (Å²) in [5.74, 6) is 6.32. The average molecular weight is 303 g/mol. The van der Waals surface area contributed by atoms with Gasteiger partial charge < -0.3 is 0 Å². The molecule has 1 aromatic rings. The molecule has 1 atom stereocenters. The SMILES string of the molecule is CCCC(CCC)C(Cc1cccc(Cl)c1Cl)NN. The molecule has 0 saturated heterocycles. The van der Waals surface area contributed by atoms with Crippen molar-refractivity contribution in [2.24, 2.45) is 11.8 Å². The van der Waals surface area contributed by atoms with Crippen molar-refractivity contribution in [1.29, 1.82) is 0 Å². The molecule has 1 aromatic carbocycles. The molecule has 2 nitrogen and oxygen atoms in total. The van der Waals surface area contributed by atoms with Crippen molar-refractivity contribution in [2.45, 2.75) is 52.0 Å². The monoisotopic (exact) mass is 302 g/mol. The molecule has 0 amide bonds. The fourth-order valence-corrected chi connectivity index (χ4v) is 2.99. The van der Waals surface area contributed by atoms with Crippen LogP contribution in [0.5, 0.6) is 0 Å². The number of nitrogens with two attached hydrogens (primary N) is 1. The third-order valence-corrected chi connectivity index (χ3v) is 4.43. The highest BCUT2D eigenvalue weighted by Gasteiger charge is 2.20. The Labute approximate surface area is 126 Å². The third-order valence-electron chi connectivity index (χ3n) is 3.57. The van der Waals surface area contributed by atoms with E-state index in [1.165, 1.54) is 25.7 Å². The summed E-state index contributed by atoms with van der Waals surface area (Å²) < 4.78 is 0. The average Bonchev–Trinajstić information content (AvgIpc) is 2.40. The molecule has 0 heterocycles. The van der Waals surface area contributed by atoms with Crippen molar-refractivity contribution in [2.75, 3.05) is 0 Å². The molecule has 1 rings (SSSR count). The maximum Gasteiger partial charge on any atom is 0.0624 e. The largest absolute Gasteiger partial charge is 0.271 e. The normalized spacial score (nSPS) is 12.9. The Morgan fingerprint density at radius 1 is 1.16 bits per heavy atom. The van der Waals surface area contributed by atoms with E-state index in [1.807, 2.05) is 18.2 Å². The molecule has 0 aromatic heterocycles. The summed E-state index contributed by atoms with van der Waals surface area (Å²) >= 11 is 12.3. The molecule has 4 heteroatoms. The molecule has 0 bridgehead atoms. The summed E-state index contributed by atoms with van der Waals surface area (Å²) in [6.07, 6.45) is 5.53. The van der Waals surface area contributed by atoms with Gasteiger partial charge in [-0.1, -0.05) is 62.0 Å². The van der Waals surface area contributed by atoms with E-state index in [0.29, 0.717) is 16.0 Å². The first-order valence-electron chi connectivity index (χ1n) is 7.03. The van der Waals surface area contributed by atoms with Gasteiger partial charge in [-0.2, -0.15) is 0 Å². The zero-order valence-electron chi connectivity index (χ0n) is 11.8. The first kappa shape index (κ1) is 16.8. The maximum absolute atomic E-state index is 6.25. The highest BCUT2D eigenvalue weighted by Crippen LogP contribution is 2.28. The van der Waals surface area contributed by atoms with Gasteiger partial charge in [-0.05, 0) is 36.8 Å². The summed E-state index contributed by atoms with van der Waals surface area (Å²) in [6, 6.07) is 6.02. The first-order chi connectivity index (χ1) is 9.13. The summed E-state index contributed by atoms with van der Waals surface area (Å²) in [6.45, 7) is 4.42. The van der Waals surface area contributed by atoms with Gasteiger partial charge in [0.25, 0.3) is 0 Å². The van der Waals surface area contributed by atoms with Crippen molar-refractivity contribution in [1.82, 2.24) is 5.43 Å². The maximum atomic E-state index is 6.25. The van der Waals surface area contributed by atoms with E-state index < -0.39 is 0 Å². The fourth-order valence-electron chi connectivity index (χ4n) is 2.59. The molecule has 0 spiro atoms. The van der Waals surface area contributed by atoms with Gasteiger partial charge in [0, 0.05) is 6.04 Å². The lowest BCUT2D eigenvalue weighted by molar-refractivity contribution is 0.311. The van der Waals surface area contributed by atoms with Gasteiger partial charge >= 0.3 is 0 Å². The molecular weight excluding hydrogens is 279 g/mol. The third kappa shape index (κ3) is 4.96. The van der Waals surface area contributed by atoms with Crippen LogP contribution in [-0.4, -0.2) is 6.04 Å². The van der Waals surface area contributed by atoms with Crippen molar-refractivity contribution < 1.29 is 0 Å². The van der Waals surface area contributed by atoms with Crippen molar-refractivity contribution in [3.05, 3.63) is 33.8 Å². The lowest BCUT2D eigenvalue weighted by atomic mass is 9.87. The van der Waals surface area contributed by atoms with Gasteiger partial charge in [-0.25, -0.2) is 0 Å². The van der Waals surface area contributed by atoms with E-state index in [0.717, 1.165) is 12.0 Å². The van der Waals surface area contributed by atoms with Gasteiger partial charge in [0.1, 0.15) is 0 Å². The second-order valence-electron chi connectivity index (χ2n) is 5.03. The predicted molar refractivity (Wildman–Crippen MR) is 84.6 cm³/mol.